The van der Waals surface area contributed by atoms with Crippen LogP contribution in [-0.4, -0.2) is 37.2 Å². The molecule has 0 bridgehead atoms. The Labute approximate surface area is 284 Å². The summed E-state index contributed by atoms with van der Waals surface area (Å²) in [6, 6.07) is 0. The van der Waals surface area contributed by atoms with Gasteiger partial charge >= 0.3 is 17.9 Å². The van der Waals surface area contributed by atoms with E-state index >= 15 is 0 Å². The van der Waals surface area contributed by atoms with Crippen molar-refractivity contribution in [3.8, 4) is 0 Å². The van der Waals surface area contributed by atoms with Crippen LogP contribution in [0.5, 0.6) is 0 Å². The van der Waals surface area contributed by atoms with E-state index in [1.807, 2.05) is 0 Å². The van der Waals surface area contributed by atoms with Gasteiger partial charge in [-0.3, -0.25) is 14.4 Å². The van der Waals surface area contributed by atoms with Crippen molar-refractivity contribution in [1.82, 2.24) is 0 Å². The average Bonchev–Trinajstić information content (AvgIpc) is 3.05. The van der Waals surface area contributed by atoms with Crippen LogP contribution < -0.4 is 0 Å². The zero-order chi connectivity index (χ0) is 33.8. The summed E-state index contributed by atoms with van der Waals surface area (Å²) in [7, 11) is 0. The molecule has 0 aromatic heterocycles. The topological polar surface area (TPSA) is 78.9 Å². The van der Waals surface area contributed by atoms with Gasteiger partial charge in [0.05, 0.1) is 0 Å². The Morgan fingerprint density at radius 1 is 0.413 bits per heavy atom. The van der Waals surface area contributed by atoms with Crippen molar-refractivity contribution in [2.75, 3.05) is 13.2 Å². The van der Waals surface area contributed by atoms with Crippen molar-refractivity contribution in [3.63, 3.8) is 0 Å². The molecule has 0 aromatic carbocycles. The lowest BCUT2D eigenvalue weighted by atomic mass is 10.1. The van der Waals surface area contributed by atoms with Crippen LogP contribution in [0.25, 0.3) is 0 Å². The van der Waals surface area contributed by atoms with Gasteiger partial charge in [0.1, 0.15) is 13.2 Å². The van der Waals surface area contributed by atoms with Gasteiger partial charge in [0.2, 0.25) is 0 Å². The van der Waals surface area contributed by atoms with Crippen molar-refractivity contribution < 1.29 is 28.6 Å². The van der Waals surface area contributed by atoms with E-state index in [9.17, 15) is 14.4 Å². The van der Waals surface area contributed by atoms with Crippen LogP contribution in [0, 0.1) is 0 Å². The fourth-order valence-electron chi connectivity index (χ4n) is 5.50. The minimum Gasteiger partial charge on any atom is -0.462 e. The minimum absolute atomic E-state index is 0.0698. The number of allylic oxidation sites excluding steroid dienone is 2. The second-order valence-electron chi connectivity index (χ2n) is 13.2. The fraction of sp³-hybridized carbons (Fsp3) is 0.875. The van der Waals surface area contributed by atoms with E-state index in [0.29, 0.717) is 19.3 Å². The van der Waals surface area contributed by atoms with Crippen LogP contribution in [-0.2, 0) is 28.6 Å². The second-order valence-corrected chi connectivity index (χ2v) is 13.2. The molecular formula is C40H74O6. The maximum absolute atomic E-state index is 12.6. The molecule has 0 fully saturated rings. The van der Waals surface area contributed by atoms with Gasteiger partial charge in [0.15, 0.2) is 6.10 Å². The van der Waals surface area contributed by atoms with E-state index in [4.69, 9.17) is 14.2 Å². The SMILES string of the molecule is CCC/C=C\CCCCCCCC(=O)OCC(COC(=O)CCCCCCCCCC)OC(=O)CCCCCCCCCCCC. The molecule has 1 unspecified atom stereocenters. The molecule has 0 radical (unpaired) electrons. The summed E-state index contributed by atoms with van der Waals surface area (Å²) in [4.78, 5) is 37.3. The lowest BCUT2D eigenvalue weighted by Crippen LogP contribution is -2.30. The molecule has 0 saturated heterocycles. The second kappa shape index (κ2) is 36.0. The number of ether oxygens (including phenoxy) is 3. The Morgan fingerprint density at radius 2 is 0.761 bits per heavy atom. The third-order valence-electron chi connectivity index (χ3n) is 8.50. The summed E-state index contributed by atoms with van der Waals surface area (Å²) in [5.74, 6) is -0.887. The summed E-state index contributed by atoms with van der Waals surface area (Å²) < 4.78 is 16.5. The summed E-state index contributed by atoms with van der Waals surface area (Å²) in [5, 5.41) is 0. The minimum atomic E-state index is -0.761. The molecule has 0 rings (SSSR count). The maximum atomic E-state index is 12.6. The molecule has 0 heterocycles. The molecule has 0 N–H and O–H groups in total. The van der Waals surface area contributed by atoms with Crippen LogP contribution >= 0.6 is 0 Å². The van der Waals surface area contributed by atoms with Crippen molar-refractivity contribution in [1.29, 1.82) is 0 Å². The van der Waals surface area contributed by atoms with E-state index in [2.05, 4.69) is 32.9 Å². The highest BCUT2D eigenvalue weighted by molar-refractivity contribution is 5.71. The summed E-state index contributed by atoms with van der Waals surface area (Å²) in [6.45, 7) is 6.51. The van der Waals surface area contributed by atoms with Crippen molar-refractivity contribution >= 4 is 17.9 Å². The third-order valence-corrected chi connectivity index (χ3v) is 8.50. The molecule has 0 amide bonds. The number of hydrogen-bond acceptors (Lipinski definition) is 6. The molecule has 270 valence electrons. The predicted molar refractivity (Wildman–Crippen MR) is 192 cm³/mol. The molecule has 46 heavy (non-hydrogen) atoms. The summed E-state index contributed by atoms with van der Waals surface area (Å²) >= 11 is 0. The van der Waals surface area contributed by atoms with Crippen molar-refractivity contribution in [2.45, 2.75) is 213 Å². The Bertz CT molecular complexity index is 719. The number of carbonyl (C=O) groups excluding carboxylic acids is 3. The molecule has 0 aliphatic carbocycles. The zero-order valence-electron chi connectivity index (χ0n) is 30.6. The molecular weight excluding hydrogens is 576 g/mol. The van der Waals surface area contributed by atoms with Gasteiger partial charge in [-0.2, -0.15) is 0 Å². The summed E-state index contributed by atoms with van der Waals surface area (Å²) in [5.41, 5.74) is 0. The Balaban J connectivity index is 4.36. The fourth-order valence-corrected chi connectivity index (χ4v) is 5.50. The van der Waals surface area contributed by atoms with Gasteiger partial charge in [-0.1, -0.05) is 161 Å². The van der Waals surface area contributed by atoms with Crippen LogP contribution in [0.2, 0.25) is 0 Å². The Kier molecular flexibility index (Phi) is 34.5. The molecule has 0 saturated carbocycles. The van der Waals surface area contributed by atoms with Crippen LogP contribution in [0.3, 0.4) is 0 Å². The Morgan fingerprint density at radius 3 is 1.17 bits per heavy atom. The van der Waals surface area contributed by atoms with Crippen LogP contribution in [0.1, 0.15) is 207 Å². The number of carbonyl (C=O) groups is 3. The highest BCUT2D eigenvalue weighted by atomic mass is 16.6. The average molecular weight is 651 g/mol. The van der Waals surface area contributed by atoms with Gasteiger partial charge in [0.25, 0.3) is 0 Å². The van der Waals surface area contributed by atoms with E-state index in [1.54, 1.807) is 0 Å². The molecule has 6 nitrogen and oxygen atoms in total. The number of esters is 3. The quantitative estimate of drug-likeness (QED) is 0.0294. The van der Waals surface area contributed by atoms with Crippen LogP contribution in [0.4, 0.5) is 0 Å². The molecule has 0 aliphatic heterocycles. The van der Waals surface area contributed by atoms with E-state index in [-0.39, 0.29) is 31.1 Å². The van der Waals surface area contributed by atoms with Crippen LogP contribution in [0.15, 0.2) is 12.2 Å². The van der Waals surface area contributed by atoms with Gasteiger partial charge in [0, 0.05) is 19.3 Å². The third kappa shape index (κ3) is 33.5. The Hall–Kier alpha value is -1.85. The van der Waals surface area contributed by atoms with Crippen molar-refractivity contribution in [2.24, 2.45) is 0 Å². The lowest BCUT2D eigenvalue weighted by Gasteiger charge is -2.18. The molecule has 1 atom stereocenters. The van der Waals surface area contributed by atoms with E-state index in [0.717, 1.165) is 70.6 Å². The molecule has 0 aromatic rings. The van der Waals surface area contributed by atoms with E-state index < -0.39 is 6.10 Å². The highest BCUT2D eigenvalue weighted by Crippen LogP contribution is 2.14. The first-order chi connectivity index (χ1) is 22.5. The number of rotatable bonds is 35. The first-order valence-electron chi connectivity index (χ1n) is 19.7. The van der Waals surface area contributed by atoms with Gasteiger partial charge in [-0.25, -0.2) is 0 Å². The van der Waals surface area contributed by atoms with Gasteiger partial charge in [-0.05, 0) is 38.5 Å². The molecule has 0 aliphatic rings. The smallest absolute Gasteiger partial charge is 0.306 e. The van der Waals surface area contributed by atoms with Gasteiger partial charge in [-0.15, -0.1) is 0 Å². The van der Waals surface area contributed by atoms with Crippen molar-refractivity contribution in [3.05, 3.63) is 12.2 Å². The van der Waals surface area contributed by atoms with E-state index in [1.165, 1.54) is 96.3 Å². The first-order valence-corrected chi connectivity index (χ1v) is 19.7. The monoisotopic (exact) mass is 651 g/mol. The maximum Gasteiger partial charge on any atom is 0.306 e. The molecule has 0 spiro atoms. The largest absolute Gasteiger partial charge is 0.462 e. The van der Waals surface area contributed by atoms with Gasteiger partial charge < -0.3 is 14.2 Å². The lowest BCUT2D eigenvalue weighted by molar-refractivity contribution is -0.167. The normalized spacial score (nSPS) is 12.0. The highest BCUT2D eigenvalue weighted by Gasteiger charge is 2.19. The standard InChI is InChI=1S/C40H74O6/c1-4-7-10-13-16-19-21-24-27-30-33-39(42)45-36-37(35-44-38(41)32-29-26-23-18-15-12-9-6-3)46-40(43)34-31-28-25-22-20-17-14-11-8-5-2/h10,13,37H,4-9,11-12,14-36H2,1-3H3/b13-10-. The summed E-state index contributed by atoms with van der Waals surface area (Å²) in [6.07, 6.45) is 34.8. The number of unbranched alkanes of at least 4 members (excludes halogenated alkanes) is 22. The first kappa shape index (κ1) is 44.1. The molecule has 6 heteroatoms. The predicted octanol–water partition coefficient (Wildman–Crippen LogP) is 11.9. The number of hydrogen-bond donors (Lipinski definition) is 0. The zero-order valence-corrected chi connectivity index (χ0v) is 30.6.